The monoisotopic (exact) mass is 193 g/mol. The zero-order chi connectivity index (χ0) is 10.6. The molecular weight excluding hydrogens is 178 g/mol. The Morgan fingerprint density at radius 2 is 2.21 bits per heavy atom. The number of carbonyl (C=O) groups is 1. The zero-order valence-corrected chi connectivity index (χ0v) is 8.45. The van der Waals surface area contributed by atoms with Crippen LogP contribution in [0.3, 0.4) is 0 Å². The zero-order valence-electron chi connectivity index (χ0n) is 8.45. The lowest BCUT2D eigenvalue weighted by Crippen LogP contribution is -2.27. The summed E-state index contributed by atoms with van der Waals surface area (Å²) in [6.07, 6.45) is 0. The smallest absolute Gasteiger partial charge is 0.321 e. The molecule has 0 aromatic heterocycles. The van der Waals surface area contributed by atoms with Gasteiger partial charge in [-0.1, -0.05) is 12.1 Å². The first-order valence-corrected chi connectivity index (χ1v) is 4.41. The highest BCUT2D eigenvalue weighted by Crippen LogP contribution is 2.10. The third kappa shape index (κ3) is 2.74. The van der Waals surface area contributed by atoms with Gasteiger partial charge in [0.15, 0.2) is 0 Å². The summed E-state index contributed by atoms with van der Waals surface area (Å²) in [5, 5.41) is 2.75. The summed E-state index contributed by atoms with van der Waals surface area (Å²) in [7, 11) is 3.39. The van der Waals surface area contributed by atoms with Gasteiger partial charge in [-0.2, -0.15) is 0 Å². The van der Waals surface area contributed by atoms with E-state index in [1.165, 1.54) is 4.90 Å². The van der Waals surface area contributed by atoms with Crippen LogP contribution in [-0.2, 0) is 6.54 Å². The molecule has 0 saturated heterocycles. The fourth-order valence-corrected chi connectivity index (χ4v) is 1.01. The van der Waals surface area contributed by atoms with Gasteiger partial charge in [0, 0.05) is 26.3 Å². The van der Waals surface area contributed by atoms with Crippen LogP contribution >= 0.6 is 0 Å². The quantitative estimate of drug-likeness (QED) is 0.742. The summed E-state index contributed by atoms with van der Waals surface area (Å²) in [5.74, 6) is 0. The highest BCUT2D eigenvalue weighted by Gasteiger charge is 2.03. The van der Waals surface area contributed by atoms with E-state index in [1.807, 2.05) is 24.3 Å². The molecule has 3 N–H and O–H groups in total. The van der Waals surface area contributed by atoms with Gasteiger partial charge in [0.25, 0.3) is 0 Å². The van der Waals surface area contributed by atoms with Crippen molar-refractivity contribution in [3.05, 3.63) is 29.8 Å². The Morgan fingerprint density at radius 1 is 1.50 bits per heavy atom. The number of nitrogens with one attached hydrogen (secondary N) is 1. The number of rotatable bonds is 2. The van der Waals surface area contributed by atoms with Crippen LogP contribution in [0.5, 0.6) is 0 Å². The molecule has 4 heteroatoms. The lowest BCUT2D eigenvalue weighted by Gasteiger charge is -2.12. The van der Waals surface area contributed by atoms with Crippen molar-refractivity contribution in [1.29, 1.82) is 0 Å². The fraction of sp³-hybridized carbons (Fsp3) is 0.300. The van der Waals surface area contributed by atoms with E-state index in [0.29, 0.717) is 6.54 Å². The first-order chi connectivity index (χ1) is 6.63. The molecule has 1 aromatic carbocycles. The Balaban J connectivity index is 2.72. The first-order valence-electron chi connectivity index (χ1n) is 4.41. The topological polar surface area (TPSA) is 58.4 Å². The van der Waals surface area contributed by atoms with Gasteiger partial charge in [-0.05, 0) is 17.7 Å². The lowest BCUT2D eigenvalue weighted by atomic mass is 10.2. The lowest BCUT2D eigenvalue weighted by molar-refractivity contribution is 0.230. The van der Waals surface area contributed by atoms with E-state index in [-0.39, 0.29) is 6.03 Å². The SMILES string of the molecule is CN(C)C(=O)Nc1cccc(CN)c1. The van der Waals surface area contributed by atoms with E-state index < -0.39 is 0 Å². The van der Waals surface area contributed by atoms with Crippen LogP contribution in [0.2, 0.25) is 0 Å². The Morgan fingerprint density at radius 3 is 2.79 bits per heavy atom. The van der Waals surface area contributed by atoms with E-state index >= 15 is 0 Å². The predicted molar refractivity (Wildman–Crippen MR) is 57.0 cm³/mol. The van der Waals surface area contributed by atoms with Gasteiger partial charge in [-0.3, -0.25) is 0 Å². The molecule has 14 heavy (non-hydrogen) atoms. The number of hydrogen-bond donors (Lipinski definition) is 2. The standard InChI is InChI=1S/C10H15N3O/c1-13(2)10(14)12-9-5-3-4-8(6-9)7-11/h3-6H,7,11H2,1-2H3,(H,12,14). The minimum atomic E-state index is -0.140. The molecule has 76 valence electrons. The molecule has 0 aliphatic rings. The molecule has 0 fully saturated rings. The van der Waals surface area contributed by atoms with Crippen molar-refractivity contribution in [2.45, 2.75) is 6.54 Å². The van der Waals surface area contributed by atoms with Gasteiger partial charge >= 0.3 is 6.03 Å². The van der Waals surface area contributed by atoms with Gasteiger partial charge in [0.05, 0.1) is 0 Å². The summed E-state index contributed by atoms with van der Waals surface area (Å²) in [6, 6.07) is 7.35. The normalized spacial score (nSPS) is 9.64. The molecule has 2 amide bonds. The third-order valence-electron chi connectivity index (χ3n) is 1.82. The van der Waals surface area contributed by atoms with Crippen LogP contribution < -0.4 is 11.1 Å². The molecule has 0 aliphatic heterocycles. The van der Waals surface area contributed by atoms with Crippen molar-refractivity contribution in [2.75, 3.05) is 19.4 Å². The summed E-state index contributed by atoms with van der Waals surface area (Å²) in [4.78, 5) is 12.8. The number of hydrogen-bond acceptors (Lipinski definition) is 2. The number of carbonyl (C=O) groups excluding carboxylic acids is 1. The van der Waals surface area contributed by atoms with Crippen molar-refractivity contribution in [1.82, 2.24) is 4.90 Å². The van der Waals surface area contributed by atoms with Crippen LogP contribution in [0.15, 0.2) is 24.3 Å². The van der Waals surface area contributed by atoms with E-state index in [2.05, 4.69) is 5.32 Å². The molecule has 0 saturated carbocycles. The first kappa shape index (κ1) is 10.5. The van der Waals surface area contributed by atoms with E-state index in [0.717, 1.165) is 11.3 Å². The predicted octanol–water partition coefficient (Wildman–Crippen LogP) is 1.24. The summed E-state index contributed by atoms with van der Waals surface area (Å²) in [5.41, 5.74) is 7.26. The van der Waals surface area contributed by atoms with Gasteiger partial charge < -0.3 is 16.0 Å². The summed E-state index contributed by atoms with van der Waals surface area (Å²) >= 11 is 0. The third-order valence-corrected chi connectivity index (χ3v) is 1.82. The van der Waals surface area contributed by atoms with Gasteiger partial charge in [0.2, 0.25) is 0 Å². The maximum atomic E-state index is 11.3. The molecule has 1 aromatic rings. The fourth-order valence-electron chi connectivity index (χ4n) is 1.01. The van der Waals surface area contributed by atoms with Crippen molar-refractivity contribution >= 4 is 11.7 Å². The van der Waals surface area contributed by atoms with Crippen molar-refractivity contribution < 1.29 is 4.79 Å². The molecule has 1 rings (SSSR count). The molecule has 0 bridgehead atoms. The maximum Gasteiger partial charge on any atom is 0.321 e. The molecule has 0 atom stereocenters. The highest BCUT2D eigenvalue weighted by atomic mass is 16.2. The highest BCUT2D eigenvalue weighted by molar-refractivity contribution is 5.88. The number of urea groups is 1. The van der Waals surface area contributed by atoms with E-state index in [9.17, 15) is 4.79 Å². The summed E-state index contributed by atoms with van der Waals surface area (Å²) < 4.78 is 0. The molecule has 0 radical (unpaired) electrons. The minimum Gasteiger partial charge on any atom is -0.331 e. The summed E-state index contributed by atoms with van der Waals surface area (Å²) in [6.45, 7) is 0.478. The number of nitrogens with zero attached hydrogens (tertiary/aromatic N) is 1. The largest absolute Gasteiger partial charge is 0.331 e. The number of anilines is 1. The Hall–Kier alpha value is -1.55. The maximum absolute atomic E-state index is 11.3. The van der Waals surface area contributed by atoms with Crippen LogP contribution in [0.25, 0.3) is 0 Å². The van der Waals surface area contributed by atoms with E-state index in [4.69, 9.17) is 5.73 Å². The van der Waals surface area contributed by atoms with Gasteiger partial charge in [-0.15, -0.1) is 0 Å². The average molecular weight is 193 g/mol. The van der Waals surface area contributed by atoms with Gasteiger partial charge in [0.1, 0.15) is 0 Å². The molecular formula is C10H15N3O. The second kappa shape index (κ2) is 4.62. The van der Waals surface area contributed by atoms with Crippen LogP contribution in [0.1, 0.15) is 5.56 Å². The number of benzene rings is 1. The van der Waals surface area contributed by atoms with E-state index in [1.54, 1.807) is 14.1 Å². The Bertz CT molecular complexity index is 323. The molecule has 0 spiro atoms. The molecule has 0 aliphatic carbocycles. The van der Waals surface area contributed by atoms with Crippen LogP contribution in [0, 0.1) is 0 Å². The van der Waals surface area contributed by atoms with Crippen molar-refractivity contribution in [2.24, 2.45) is 5.73 Å². The number of nitrogens with two attached hydrogens (primary N) is 1. The molecule has 4 nitrogen and oxygen atoms in total. The van der Waals surface area contributed by atoms with Crippen LogP contribution in [-0.4, -0.2) is 25.0 Å². The molecule has 0 unspecified atom stereocenters. The minimum absolute atomic E-state index is 0.140. The number of amides is 2. The second-order valence-electron chi connectivity index (χ2n) is 3.23. The molecule has 0 heterocycles. The second-order valence-corrected chi connectivity index (χ2v) is 3.23. The van der Waals surface area contributed by atoms with Crippen molar-refractivity contribution in [3.8, 4) is 0 Å². The Kier molecular flexibility index (Phi) is 3.48. The van der Waals surface area contributed by atoms with Crippen LogP contribution in [0.4, 0.5) is 10.5 Å². The van der Waals surface area contributed by atoms with Gasteiger partial charge in [-0.25, -0.2) is 4.79 Å². The Labute approximate surface area is 83.7 Å². The van der Waals surface area contributed by atoms with Crippen molar-refractivity contribution in [3.63, 3.8) is 0 Å². The average Bonchev–Trinajstić information content (AvgIpc) is 2.18.